The zero-order chi connectivity index (χ0) is 11.4. The molecular weight excluding hydrogens is 204 g/mol. The molecule has 1 atom stereocenters. The Bertz CT molecular complexity index is 329. The van der Waals surface area contributed by atoms with E-state index in [9.17, 15) is 4.79 Å². The molecule has 1 fully saturated rings. The number of hydrogen-bond donors (Lipinski definition) is 1. The zero-order valence-electron chi connectivity index (χ0n) is 9.61. The monoisotopic (exact) mass is 222 g/mol. The van der Waals surface area contributed by atoms with Crippen LogP contribution in [0.15, 0.2) is 23.0 Å². The third kappa shape index (κ3) is 2.27. The van der Waals surface area contributed by atoms with Crippen molar-refractivity contribution >= 4 is 5.91 Å². The van der Waals surface area contributed by atoms with Gasteiger partial charge in [-0.05, 0) is 25.5 Å². The summed E-state index contributed by atoms with van der Waals surface area (Å²) in [5.74, 6) is 0.0873. The van der Waals surface area contributed by atoms with Crippen molar-refractivity contribution in [3.63, 3.8) is 0 Å². The Morgan fingerprint density at radius 3 is 3.12 bits per heavy atom. The Balaban J connectivity index is 2.09. The van der Waals surface area contributed by atoms with E-state index in [0.717, 1.165) is 32.5 Å². The Morgan fingerprint density at radius 1 is 1.69 bits per heavy atom. The number of furan rings is 1. The lowest BCUT2D eigenvalue weighted by Gasteiger charge is -2.27. The number of carbonyl (C=O) groups is 1. The molecule has 1 N–H and O–H groups in total. The summed E-state index contributed by atoms with van der Waals surface area (Å²) in [6.07, 6.45) is 5.10. The Hall–Kier alpha value is -1.29. The molecule has 2 heterocycles. The minimum absolute atomic E-state index is 0.0873. The van der Waals surface area contributed by atoms with Crippen molar-refractivity contribution in [1.82, 2.24) is 10.2 Å². The van der Waals surface area contributed by atoms with Gasteiger partial charge in [0, 0.05) is 19.1 Å². The minimum Gasteiger partial charge on any atom is -0.472 e. The Morgan fingerprint density at radius 2 is 2.56 bits per heavy atom. The van der Waals surface area contributed by atoms with Crippen molar-refractivity contribution in [1.29, 1.82) is 0 Å². The number of hydrogen-bond acceptors (Lipinski definition) is 3. The lowest BCUT2D eigenvalue weighted by atomic mass is 10.1. The van der Waals surface area contributed by atoms with Gasteiger partial charge in [-0.15, -0.1) is 0 Å². The Kier molecular flexibility index (Phi) is 3.62. The fraction of sp³-hybridized carbons (Fsp3) is 0.583. The molecule has 0 aromatic carbocycles. The molecule has 0 saturated carbocycles. The maximum Gasteiger partial charge on any atom is 0.257 e. The average molecular weight is 222 g/mol. The summed E-state index contributed by atoms with van der Waals surface area (Å²) < 4.78 is 4.96. The van der Waals surface area contributed by atoms with Crippen molar-refractivity contribution < 1.29 is 9.21 Å². The van der Waals surface area contributed by atoms with E-state index in [4.69, 9.17) is 4.42 Å². The summed E-state index contributed by atoms with van der Waals surface area (Å²) in [6, 6.07) is 2.07. The molecule has 0 bridgehead atoms. The highest BCUT2D eigenvalue weighted by molar-refractivity contribution is 5.94. The number of rotatable bonds is 4. The first-order valence-electron chi connectivity index (χ1n) is 5.86. The highest BCUT2D eigenvalue weighted by atomic mass is 16.3. The van der Waals surface area contributed by atoms with E-state index in [2.05, 4.69) is 12.2 Å². The van der Waals surface area contributed by atoms with Crippen LogP contribution < -0.4 is 5.32 Å². The largest absolute Gasteiger partial charge is 0.472 e. The first kappa shape index (κ1) is 11.2. The van der Waals surface area contributed by atoms with Gasteiger partial charge in [-0.25, -0.2) is 0 Å². The van der Waals surface area contributed by atoms with Crippen molar-refractivity contribution in [3.05, 3.63) is 24.2 Å². The van der Waals surface area contributed by atoms with Crippen LogP contribution in [0.25, 0.3) is 0 Å². The van der Waals surface area contributed by atoms with Gasteiger partial charge in [0.1, 0.15) is 6.26 Å². The normalized spacial score (nSPS) is 19.9. The van der Waals surface area contributed by atoms with Gasteiger partial charge in [0.05, 0.1) is 11.8 Å². The molecular formula is C12H18N2O2. The van der Waals surface area contributed by atoms with E-state index in [-0.39, 0.29) is 5.91 Å². The van der Waals surface area contributed by atoms with Gasteiger partial charge >= 0.3 is 0 Å². The second-order valence-electron chi connectivity index (χ2n) is 4.16. The van der Waals surface area contributed by atoms with E-state index in [1.807, 2.05) is 4.90 Å². The molecule has 0 spiro atoms. The quantitative estimate of drug-likeness (QED) is 0.839. The molecule has 1 aromatic heterocycles. The molecule has 4 heteroatoms. The highest BCUT2D eigenvalue weighted by Crippen LogP contribution is 2.14. The maximum absolute atomic E-state index is 12.2. The molecule has 1 aliphatic rings. The molecule has 0 radical (unpaired) electrons. The van der Waals surface area contributed by atoms with Gasteiger partial charge < -0.3 is 14.6 Å². The van der Waals surface area contributed by atoms with Gasteiger partial charge in [-0.3, -0.25) is 4.79 Å². The number of amides is 1. The van der Waals surface area contributed by atoms with Crippen LogP contribution in [-0.2, 0) is 0 Å². The Labute approximate surface area is 95.6 Å². The third-order valence-electron chi connectivity index (χ3n) is 2.97. The van der Waals surface area contributed by atoms with Crippen molar-refractivity contribution in [2.45, 2.75) is 25.8 Å². The summed E-state index contributed by atoms with van der Waals surface area (Å²) in [6.45, 7) is 4.82. The zero-order valence-corrected chi connectivity index (χ0v) is 9.61. The fourth-order valence-electron chi connectivity index (χ4n) is 2.15. The first-order chi connectivity index (χ1) is 7.83. The van der Waals surface area contributed by atoms with Gasteiger partial charge in [0.15, 0.2) is 0 Å². The van der Waals surface area contributed by atoms with Crippen LogP contribution in [0.2, 0.25) is 0 Å². The second kappa shape index (κ2) is 5.16. The van der Waals surface area contributed by atoms with Crippen LogP contribution in [0.4, 0.5) is 0 Å². The van der Waals surface area contributed by atoms with Crippen LogP contribution in [0, 0.1) is 0 Å². The molecule has 16 heavy (non-hydrogen) atoms. The van der Waals surface area contributed by atoms with Gasteiger partial charge in [0.2, 0.25) is 0 Å². The third-order valence-corrected chi connectivity index (χ3v) is 2.97. The van der Waals surface area contributed by atoms with Gasteiger partial charge in [-0.1, -0.05) is 6.92 Å². The first-order valence-corrected chi connectivity index (χ1v) is 5.86. The maximum atomic E-state index is 12.2. The number of nitrogens with one attached hydrogen (secondary N) is 1. The van der Waals surface area contributed by atoms with Gasteiger partial charge in [0.25, 0.3) is 5.91 Å². The molecule has 1 amide bonds. The van der Waals surface area contributed by atoms with Crippen molar-refractivity contribution in [3.8, 4) is 0 Å². The van der Waals surface area contributed by atoms with E-state index in [1.165, 1.54) is 6.26 Å². The molecule has 0 aliphatic carbocycles. The van der Waals surface area contributed by atoms with Crippen LogP contribution in [0.5, 0.6) is 0 Å². The lowest BCUT2D eigenvalue weighted by Crippen LogP contribution is -2.41. The minimum atomic E-state index is 0.0873. The summed E-state index contributed by atoms with van der Waals surface area (Å²) in [4.78, 5) is 14.2. The van der Waals surface area contributed by atoms with Gasteiger partial charge in [-0.2, -0.15) is 0 Å². The standard InChI is InChI=1S/C12H18N2O2/c1-2-6-14(11-3-5-13-8-11)12(15)10-4-7-16-9-10/h4,7,9,11,13H,2-3,5-6,8H2,1H3/t11-/m1/s1. The van der Waals surface area contributed by atoms with Crippen LogP contribution >= 0.6 is 0 Å². The SMILES string of the molecule is CCCN(C(=O)c1ccoc1)[C@@H]1CCNC1. The summed E-state index contributed by atoms with van der Waals surface area (Å²) in [5.41, 5.74) is 0.653. The number of carbonyl (C=O) groups excluding carboxylic acids is 1. The van der Waals surface area contributed by atoms with Crippen LogP contribution in [-0.4, -0.2) is 36.5 Å². The van der Waals surface area contributed by atoms with E-state index in [1.54, 1.807) is 12.3 Å². The molecule has 1 aliphatic heterocycles. The van der Waals surface area contributed by atoms with Crippen LogP contribution in [0.1, 0.15) is 30.1 Å². The van der Waals surface area contributed by atoms with E-state index >= 15 is 0 Å². The van der Waals surface area contributed by atoms with E-state index in [0.29, 0.717) is 11.6 Å². The summed E-state index contributed by atoms with van der Waals surface area (Å²) in [7, 11) is 0. The molecule has 1 aromatic rings. The second-order valence-corrected chi connectivity index (χ2v) is 4.16. The fourth-order valence-corrected chi connectivity index (χ4v) is 2.15. The summed E-state index contributed by atoms with van der Waals surface area (Å²) in [5, 5.41) is 3.29. The average Bonchev–Trinajstić information content (AvgIpc) is 2.96. The topological polar surface area (TPSA) is 45.5 Å². The summed E-state index contributed by atoms with van der Waals surface area (Å²) >= 11 is 0. The predicted octanol–water partition coefficient (Wildman–Crippen LogP) is 1.49. The molecule has 88 valence electrons. The smallest absolute Gasteiger partial charge is 0.257 e. The molecule has 0 unspecified atom stereocenters. The molecule has 2 rings (SSSR count). The highest BCUT2D eigenvalue weighted by Gasteiger charge is 2.26. The lowest BCUT2D eigenvalue weighted by molar-refractivity contribution is 0.0691. The molecule has 1 saturated heterocycles. The number of nitrogens with zero attached hydrogens (tertiary/aromatic N) is 1. The van der Waals surface area contributed by atoms with E-state index < -0.39 is 0 Å². The molecule has 4 nitrogen and oxygen atoms in total. The van der Waals surface area contributed by atoms with Crippen molar-refractivity contribution in [2.75, 3.05) is 19.6 Å². The van der Waals surface area contributed by atoms with Crippen molar-refractivity contribution in [2.24, 2.45) is 0 Å². The predicted molar refractivity (Wildman–Crippen MR) is 61.3 cm³/mol. The van der Waals surface area contributed by atoms with Crippen LogP contribution in [0.3, 0.4) is 0 Å².